The molecule has 118 valence electrons. The van der Waals surface area contributed by atoms with Crippen molar-refractivity contribution in [3.63, 3.8) is 0 Å². The summed E-state index contributed by atoms with van der Waals surface area (Å²) in [5, 5.41) is 0. The third kappa shape index (κ3) is 5.46. The van der Waals surface area contributed by atoms with E-state index >= 15 is 0 Å². The number of hydrogen-bond donors (Lipinski definition) is 0. The van der Waals surface area contributed by atoms with E-state index in [9.17, 15) is 12.8 Å². The van der Waals surface area contributed by atoms with E-state index in [0.29, 0.717) is 13.1 Å². The fourth-order valence-electron chi connectivity index (χ4n) is 2.05. The van der Waals surface area contributed by atoms with Crippen LogP contribution in [0.2, 0.25) is 0 Å². The Hall–Kier alpha value is -1.92. The Morgan fingerprint density at radius 3 is 2.27 bits per heavy atom. The summed E-state index contributed by atoms with van der Waals surface area (Å²) in [6.45, 7) is 1.01. The van der Waals surface area contributed by atoms with Crippen molar-refractivity contribution in [2.24, 2.45) is 0 Å². The number of anilines is 1. The van der Waals surface area contributed by atoms with Crippen LogP contribution in [0, 0.1) is 5.82 Å². The molecular weight excluding hydrogens is 305 g/mol. The van der Waals surface area contributed by atoms with Crippen LogP contribution in [0.1, 0.15) is 5.56 Å². The topological polar surface area (TPSA) is 46.6 Å². The second-order valence-electron chi connectivity index (χ2n) is 4.91. The fraction of sp³-hybridized carbons (Fsp3) is 0.250. The van der Waals surface area contributed by atoms with E-state index in [1.165, 1.54) is 12.1 Å². The van der Waals surface area contributed by atoms with Crippen LogP contribution < -0.4 is 4.90 Å². The van der Waals surface area contributed by atoms with Gasteiger partial charge in [-0.1, -0.05) is 30.3 Å². The predicted octanol–water partition coefficient (Wildman–Crippen LogP) is 2.81. The van der Waals surface area contributed by atoms with Crippen molar-refractivity contribution < 1.29 is 17.0 Å². The average Bonchev–Trinajstić information content (AvgIpc) is 2.47. The summed E-state index contributed by atoms with van der Waals surface area (Å²) in [5.41, 5.74) is 1.88. The van der Waals surface area contributed by atoms with E-state index in [0.717, 1.165) is 17.5 Å². The first kappa shape index (κ1) is 16.5. The third-order valence-corrected chi connectivity index (χ3v) is 3.66. The molecule has 2 aromatic rings. The lowest BCUT2D eigenvalue weighted by molar-refractivity contribution is 0.327. The van der Waals surface area contributed by atoms with Gasteiger partial charge in [0.2, 0.25) is 0 Å². The first-order valence-corrected chi connectivity index (χ1v) is 8.64. The highest BCUT2D eigenvalue weighted by Gasteiger charge is 2.10. The molecule has 2 rings (SSSR count). The molecule has 0 amide bonds. The van der Waals surface area contributed by atoms with E-state index in [4.69, 9.17) is 4.18 Å². The number of rotatable bonds is 7. The minimum absolute atomic E-state index is 0.0447. The maximum Gasteiger partial charge on any atom is 0.264 e. The quantitative estimate of drug-likeness (QED) is 0.735. The Labute approximate surface area is 130 Å². The summed E-state index contributed by atoms with van der Waals surface area (Å²) >= 11 is 0. The molecule has 0 spiro atoms. The molecule has 0 aliphatic carbocycles. The van der Waals surface area contributed by atoms with Gasteiger partial charge in [-0.25, -0.2) is 4.39 Å². The first-order chi connectivity index (χ1) is 10.4. The zero-order chi connectivity index (χ0) is 16.0. The van der Waals surface area contributed by atoms with E-state index in [1.807, 2.05) is 35.2 Å². The lowest BCUT2D eigenvalue weighted by atomic mass is 10.2. The molecular formula is C16H18FNO3S. The van der Waals surface area contributed by atoms with Crippen LogP contribution in [0.4, 0.5) is 10.1 Å². The van der Waals surface area contributed by atoms with Gasteiger partial charge in [-0.05, 0) is 29.8 Å². The highest BCUT2D eigenvalue weighted by molar-refractivity contribution is 7.85. The zero-order valence-electron chi connectivity index (χ0n) is 12.3. The smallest absolute Gasteiger partial charge is 0.264 e. The second kappa shape index (κ2) is 7.38. The lowest BCUT2D eigenvalue weighted by Crippen LogP contribution is -2.27. The van der Waals surface area contributed by atoms with Crippen LogP contribution in [0.5, 0.6) is 0 Å². The van der Waals surface area contributed by atoms with Gasteiger partial charge >= 0.3 is 0 Å². The lowest BCUT2D eigenvalue weighted by Gasteiger charge is -2.24. The molecule has 4 nitrogen and oxygen atoms in total. The fourth-order valence-corrected chi connectivity index (χ4v) is 2.43. The van der Waals surface area contributed by atoms with Crippen LogP contribution in [-0.4, -0.2) is 27.8 Å². The molecule has 0 aliphatic heterocycles. The highest BCUT2D eigenvalue weighted by Crippen LogP contribution is 2.17. The minimum atomic E-state index is -3.47. The Morgan fingerprint density at radius 2 is 1.68 bits per heavy atom. The van der Waals surface area contributed by atoms with Gasteiger partial charge in [0.05, 0.1) is 12.9 Å². The summed E-state index contributed by atoms with van der Waals surface area (Å²) in [6.07, 6.45) is 1.02. The summed E-state index contributed by atoms with van der Waals surface area (Å²) in [5.74, 6) is -0.309. The minimum Gasteiger partial charge on any atom is -0.365 e. The monoisotopic (exact) mass is 323 g/mol. The van der Waals surface area contributed by atoms with Crippen LogP contribution in [0.15, 0.2) is 54.6 Å². The second-order valence-corrected chi connectivity index (χ2v) is 6.55. The van der Waals surface area contributed by atoms with Crippen molar-refractivity contribution in [1.82, 2.24) is 0 Å². The molecule has 0 N–H and O–H groups in total. The SMILES string of the molecule is CS(=O)(=O)OCCN(Cc1ccccc1)c1ccc(F)cc1. The molecule has 2 aromatic carbocycles. The van der Waals surface area contributed by atoms with Gasteiger partial charge in [-0.2, -0.15) is 8.42 Å². The largest absolute Gasteiger partial charge is 0.365 e. The maximum absolute atomic E-state index is 13.1. The molecule has 0 atom stereocenters. The summed E-state index contributed by atoms with van der Waals surface area (Å²) in [4.78, 5) is 1.94. The molecule has 0 saturated carbocycles. The number of nitrogens with zero attached hydrogens (tertiary/aromatic N) is 1. The molecule has 0 bridgehead atoms. The van der Waals surface area contributed by atoms with Gasteiger partial charge in [0.1, 0.15) is 5.82 Å². The van der Waals surface area contributed by atoms with E-state index in [-0.39, 0.29) is 12.4 Å². The molecule has 6 heteroatoms. The van der Waals surface area contributed by atoms with Crippen molar-refractivity contribution in [3.05, 3.63) is 66.0 Å². The van der Waals surface area contributed by atoms with Crippen molar-refractivity contribution >= 4 is 15.8 Å². The van der Waals surface area contributed by atoms with Crippen LogP contribution in [0.25, 0.3) is 0 Å². The summed E-state index contributed by atoms with van der Waals surface area (Å²) < 4.78 is 40.0. The van der Waals surface area contributed by atoms with Crippen molar-refractivity contribution in [1.29, 1.82) is 0 Å². The average molecular weight is 323 g/mol. The van der Waals surface area contributed by atoms with Crippen molar-refractivity contribution in [3.8, 4) is 0 Å². The predicted molar refractivity (Wildman–Crippen MR) is 84.7 cm³/mol. The molecule has 0 radical (unpaired) electrons. The number of benzene rings is 2. The van der Waals surface area contributed by atoms with E-state index in [1.54, 1.807) is 12.1 Å². The van der Waals surface area contributed by atoms with Crippen LogP contribution in [-0.2, 0) is 20.8 Å². The molecule has 0 unspecified atom stereocenters. The van der Waals surface area contributed by atoms with Gasteiger partial charge < -0.3 is 4.90 Å². The first-order valence-electron chi connectivity index (χ1n) is 6.83. The summed E-state index contributed by atoms with van der Waals surface area (Å²) in [6, 6.07) is 15.9. The Morgan fingerprint density at radius 1 is 1.05 bits per heavy atom. The molecule has 0 heterocycles. The van der Waals surface area contributed by atoms with Crippen molar-refractivity contribution in [2.75, 3.05) is 24.3 Å². The standard InChI is InChI=1S/C16H18FNO3S/c1-22(19,20)21-12-11-18(13-14-5-3-2-4-6-14)16-9-7-15(17)8-10-16/h2-10H,11-13H2,1H3. The summed E-state index contributed by atoms with van der Waals surface area (Å²) in [7, 11) is -3.47. The normalized spacial score (nSPS) is 11.4. The van der Waals surface area contributed by atoms with E-state index in [2.05, 4.69) is 0 Å². The Bertz CT molecular complexity index is 687. The zero-order valence-corrected chi connectivity index (χ0v) is 13.1. The number of hydrogen-bond acceptors (Lipinski definition) is 4. The van der Waals surface area contributed by atoms with Gasteiger partial charge in [-0.3, -0.25) is 4.18 Å². The van der Waals surface area contributed by atoms with Crippen LogP contribution in [0.3, 0.4) is 0 Å². The Kier molecular flexibility index (Phi) is 5.51. The van der Waals surface area contributed by atoms with Crippen molar-refractivity contribution in [2.45, 2.75) is 6.54 Å². The van der Waals surface area contributed by atoms with Gasteiger partial charge in [0, 0.05) is 18.8 Å². The van der Waals surface area contributed by atoms with Crippen LogP contribution >= 0.6 is 0 Å². The molecule has 0 aromatic heterocycles. The molecule has 0 saturated heterocycles. The third-order valence-electron chi connectivity index (χ3n) is 3.07. The molecule has 0 aliphatic rings. The maximum atomic E-state index is 13.1. The highest BCUT2D eigenvalue weighted by atomic mass is 32.2. The molecule has 0 fully saturated rings. The Balaban J connectivity index is 2.11. The van der Waals surface area contributed by atoms with Gasteiger partial charge in [-0.15, -0.1) is 0 Å². The van der Waals surface area contributed by atoms with Gasteiger partial charge in [0.25, 0.3) is 10.1 Å². The van der Waals surface area contributed by atoms with E-state index < -0.39 is 10.1 Å². The molecule has 22 heavy (non-hydrogen) atoms. The number of halogens is 1. The van der Waals surface area contributed by atoms with Gasteiger partial charge in [0.15, 0.2) is 0 Å².